The summed E-state index contributed by atoms with van der Waals surface area (Å²) in [6.07, 6.45) is 4.33. The number of aliphatic hydroxyl groups is 1. The Hall–Kier alpha value is -0.0800. The van der Waals surface area contributed by atoms with Crippen molar-refractivity contribution in [1.82, 2.24) is 0 Å². The third-order valence-electron chi connectivity index (χ3n) is 2.44. The van der Waals surface area contributed by atoms with Crippen LogP contribution in [0.4, 0.5) is 0 Å². The highest BCUT2D eigenvalue weighted by atomic mass is 16.5. The van der Waals surface area contributed by atoms with Crippen LogP contribution >= 0.6 is 0 Å². The van der Waals surface area contributed by atoms with Crippen LogP contribution in [0.25, 0.3) is 0 Å². The van der Waals surface area contributed by atoms with Crippen molar-refractivity contribution < 1.29 is 9.84 Å². The lowest BCUT2D eigenvalue weighted by Crippen LogP contribution is -2.33. The SMILES string of the molecule is CCC(O)(COC)CC1CC1. The number of methoxy groups -OCH3 is 1. The van der Waals surface area contributed by atoms with Crippen molar-refractivity contribution in [2.24, 2.45) is 5.92 Å². The topological polar surface area (TPSA) is 29.5 Å². The summed E-state index contributed by atoms with van der Waals surface area (Å²) in [6, 6.07) is 0. The standard InChI is InChI=1S/C9H18O2/c1-3-9(10,7-11-2)6-8-4-5-8/h8,10H,3-7H2,1-2H3. The van der Waals surface area contributed by atoms with Gasteiger partial charge >= 0.3 is 0 Å². The molecule has 0 saturated heterocycles. The Bertz CT molecular complexity index is 121. The molecule has 0 heterocycles. The molecule has 1 rings (SSSR count). The summed E-state index contributed by atoms with van der Waals surface area (Å²) >= 11 is 0. The van der Waals surface area contributed by atoms with E-state index < -0.39 is 5.60 Å². The van der Waals surface area contributed by atoms with Crippen molar-refractivity contribution in [1.29, 1.82) is 0 Å². The minimum Gasteiger partial charge on any atom is -0.387 e. The van der Waals surface area contributed by atoms with E-state index in [1.165, 1.54) is 12.8 Å². The van der Waals surface area contributed by atoms with E-state index in [2.05, 4.69) is 0 Å². The molecule has 1 unspecified atom stereocenters. The Labute approximate surface area is 68.6 Å². The molecule has 1 atom stereocenters. The molecule has 2 nitrogen and oxygen atoms in total. The number of ether oxygens (including phenoxy) is 1. The van der Waals surface area contributed by atoms with Gasteiger partial charge in [-0.05, 0) is 18.8 Å². The average molecular weight is 158 g/mol. The van der Waals surface area contributed by atoms with Gasteiger partial charge in [-0.3, -0.25) is 0 Å². The molecule has 2 heteroatoms. The van der Waals surface area contributed by atoms with Crippen molar-refractivity contribution >= 4 is 0 Å². The molecule has 0 spiro atoms. The van der Waals surface area contributed by atoms with E-state index in [1.54, 1.807) is 7.11 Å². The van der Waals surface area contributed by atoms with E-state index in [1.807, 2.05) is 6.92 Å². The van der Waals surface area contributed by atoms with E-state index >= 15 is 0 Å². The van der Waals surface area contributed by atoms with Gasteiger partial charge in [0.15, 0.2) is 0 Å². The summed E-state index contributed by atoms with van der Waals surface area (Å²) in [5.74, 6) is 0.773. The smallest absolute Gasteiger partial charge is 0.0880 e. The third kappa shape index (κ3) is 2.80. The maximum absolute atomic E-state index is 9.91. The first-order chi connectivity index (χ1) is 5.20. The summed E-state index contributed by atoms with van der Waals surface area (Å²) < 4.78 is 4.98. The predicted octanol–water partition coefficient (Wildman–Crippen LogP) is 1.57. The molecule has 66 valence electrons. The molecule has 0 amide bonds. The van der Waals surface area contributed by atoms with E-state index in [0.717, 1.165) is 18.8 Å². The second kappa shape index (κ2) is 3.55. The second-order valence-corrected chi connectivity index (χ2v) is 3.66. The Morgan fingerprint density at radius 2 is 2.18 bits per heavy atom. The maximum atomic E-state index is 9.91. The monoisotopic (exact) mass is 158 g/mol. The fourth-order valence-corrected chi connectivity index (χ4v) is 1.43. The summed E-state index contributed by atoms with van der Waals surface area (Å²) in [7, 11) is 1.65. The third-order valence-corrected chi connectivity index (χ3v) is 2.44. The molecule has 11 heavy (non-hydrogen) atoms. The highest BCUT2D eigenvalue weighted by Gasteiger charge is 2.33. The Kier molecular flexibility index (Phi) is 2.90. The first kappa shape index (κ1) is 9.01. The lowest BCUT2D eigenvalue weighted by molar-refractivity contribution is -0.0434. The van der Waals surface area contributed by atoms with Crippen molar-refractivity contribution in [2.75, 3.05) is 13.7 Å². The van der Waals surface area contributed by atoms with Crippen LogP contribution in [0.3, 0.4) is 0 Å². The van der Waals surface area contributed by atoms with Gasteiger partial charge in [0.2, 0.25) is 0 Å². The van der Waals surface area contributed by atoms with Crippen LogP contribution in [-0.4, -0.2) is 24.4 Å². The van der Waals surface area contributed by atoms with Crippen molar-refractivity contribution in [2.45, 2.75) is 38.2 Å². The van der Waals surface area contributed by atoms with E-state index in [4.69, 9.17) is 4.74 Å². The predicted molar refractivity (Wildman–Crippen MR) is 44.5 cm³/mol. The molecule has 0 aromatic rings. The van der Waals surface area contributed by atoms with Crippen LogP contribution in [0.1, 0.15) is 32.6 Å². The molecule has 0 aromatic carbocycles. The fourth-order valence-electron chi connectivity index (χ4n) is 1.43. The number of hydrogen-bond acceptors (Lipinski definition) is 2. The molecule has 1 aliphatic carbocycles. The van der Waals surface area contributed by atoms with Gasteiger partial charge in [0.25, 0.3) is 0 Å². The minimum atomic E-state index is -0.546. The van der Waals surface area contributed by atoms with Crippen LogP contribution in [0.5, 0.6) is 0 Å². The Morgan fingerprint density at radius 3 is 2.55 bits per heavy atom. The van der Waals surface area contributed by atoms with Crippen LogP contribution in [0, 0.1) is 5.92 Å². The van der Waals surface area contributed by atoms with Crippen LogP contribution in [-0.2, 0) is 4.74 Å². The highest BCUT2D eigenvalue weighted by molar-refractivity contribution is 4.85. The summed E-state index contributed by atoms with van der Waals surface area (Å²) in [5.41, 5.74) is -0.546. The number of hydrogen-bond donors (Lipinski definition) is 1. The summed E-state index contributed by atoms with van der Waals surface area (Å²) in [5, 5.41) is 9.91. The molecule has 0 aliphatic heterocycles. The zero-order valence-electron chi connectivity index (χ0n) is 7.47. The quantitative estimate of drug-likeness (QED) is 0.658. The number of rotatable bonds is 5. The zero-order valence-corrected chi connectivity index (χ0v) is 7.47. The van der Waals surface area contributed by atoms with Crippen LogP contribution in [0.15, 0.2) is 0 Å². The Balaban J connectivity index is 2.29. The molecule has 1 aliphatic rings. The van der Waals surface area contributed by atoms with Crippen molar-refractivity contribution in [3.05, 3.63) is 0 Å². The van der Waals surface area contributed by atoms with E-state index in [-0.39, 0.29) is 0 Å². The second-order valence-electron chi connectivity index (χ2n) is 3.66. The first-order valence-corrected chi connectivity index (χ1v) is 4.41. The lowest BCUT2D eigenvalue weighted by Gasteiger charge is -2.25. The molecule has 0 aromatic heterocycles. The molecule has 1 N–H and O–H groups in total. The van der Waals surface area contributed by atoms with E-state index in [0.29, 0.717) is 6.61 Å². The minimum absolute atomic E-state index is 0.486. The van der Waals surface area contributed by atoms with Gasteiger partial charge in [-0.25, -0.2) is 0 Å². The molecule has 1 saturated carbocycles. The van der Waals surface area contributed by atoms with Crippen LogP contribution in [0.2, 0.25) is 0 Å². The van der Waals surface area contributed by atoms with Gasteiger partial charge in [-0.2, -0.15) is 0 Å². The molecular weight excluding hydrogens is 140 g/mol. The molecular formula is C9H18O2. The molecule has 1 fully saturated rings. The van der Waals surface area contributed by atoms with Gasteiger partial charge in [-0.1, -0.05) is 19.8 Å². The lowest BCUT2D eigenvalue weighted by atomic mass is 9.95. The maximum Gasteiger partial charge on any atom is 0.0880 e. The largest absolute Gasteiger partial charge is 0.387 e. The van der Waals surface area contributed by atoms with Crippen LogP contribution < -0.4 is 0 Å². The Morgan fingerprint density at radius 1 is 1.55 bits per heavy atom. The van der Waals surface area contributed by atoms with Gasteiger partial charge in [0, 0.05) is 7.11 Å². The zero-order chi connectivity index (χ0) is 8.32. The van der Waals surface area contributed by atoms with Gasteiger partial charge < -0.3 is 9.84 Å². The molecule has 0 bridgehead atoms. The van der Waals surface area contributed by atoms with Crippen molar-refractivity contribution in [3.63, 3.8) is 0 Å². The first-order valence-electron chi connectivity index (χ1n) is 4.41. The van der Waals surface area contributed by atoms with Gasteiger partial charge in [-0.15, -0.1) is 0 Å². The van der Waals surface area contributed by atoms with Gasteiger partial charge in [0.1, 0.15) is 0 Å². The van der Waals surface area contributed by atoms with Gasteiger partial charge in [0.05, 0.1) is 12.2 Å². The summed E-state index contributed by atoms with van der Waals surface area (Å²) in [4.78, 5) is 0. The fraction of sp³-hybridized carbons (Fsp3) is 1.00. The van der Waals surface area contributed by atoms with E-state index in [9.17, 15) is 5.11 Å². The summed E-state index contributed by atoms with van der Waals surface area (Å²) in [6.45, 7) is 2.50. The highest BCUT2D eigenvalue weighted by Crippen LogP contribution is 2.37. The average Bonchev–Trinajstić information content (AvgIpc) is 2.73. The normalized spacial score (nSPS) is 23.2. The van der Waals surface area contributed by atoms with Crippen molar-refractivity contribution in [3.8, 4) is 0 Å². The molecule has 0 radical (unpaired) electrons.